The second-order valence-electron chi connectivity index (χ2n) is 11.1. The number of ether oxygens (including phenoxy) is 1. The van der Waals surface area contributed by atoms with Crippen molar-refractivity contribution in [1.29, 1.82) is 5.26 Å². The highest BCUT2D eigenvalue weighted by Gasteiger charge is 2.56. The first-order valence-corrected chi connectivity index (χ1v) is 14.4. The Balaban J connectivity index is 1.51. The number of aliphatic hydroxyl groups is 1. The Morgan fingerprint density at radius 2 is 1.74 bits per heavy atom. The van der Waals surface area contributed by atoms with E-state index in [0.717, 1.165) is 48.1 Å². The van der Waals surface area contributed by atoms with Crippen LogP contribution in [0.3, 0.4) is 0 Å². The van der Waals surface area contributed by atoms with Crippen molar-refractivity contribution in [3.63, 3.8) is 0 Å². The lowest BCUT2D eigenvalue weighted by atomic mass is 9.66. The van der Waals surface area contributed by atoms with Crippen molar-refractivity contribution in [3.05, 3.63) is 113 Å². The molecule has 1 saturated carbocycles. The average molecular weight is 518 g/mol. The molecule has 0 bridgehead atoms. The highest BCUT2D eigenvalue weighted by molar-refractivity contribution is 5.91. The number of hydrogen-bond donors (Lipinski definition) is 1. The molecule has 0 aromatic heterocycles. The molecule has 200 valence electrons. The fourth-order valence-corrected chi connectivity index (χ4v) is 6.90. The van der Waals surface area contributed by atoms with Gasteiger partial charge in [-0.05, 0) is 72.6 Å². The van der Waals surface area contributed by atoms with Gasteiger partial charge in [0, 0.05) is 16.9 Å². The van der Waals surface area contributed by atoms with Crippen LogP contribution in [0.25, 0.3) is 11.1 Å². The van der Waals surface area contributed by atoms with Crippen molar-refractivity contribution < 1.29 is 9.84 Å². The summed E-state index contributed by atoms with van der Waals surface area (Å²) in [6, 6.07) is 28.7. The van der Waals surface area contributed by atoms with Gasteiger partial charge in [0.25, 0.3) is 0 Å². The summed E-state index contributed by atoms with van der Waals surface area (Å²) in [4.78, 5) is 0. The molecule has 0 aliphatic heterocycles. The van der Waals surface area contributed by atoms with Gasteiger partial charge >= 0.3 is 0 Å². The average Bonchev–Trinajstić information content (AvgIpc) is 3.49. The second-order valence-corrected chi connectivity index (χ2v) is 11.1. The van der Waals surface area contributed by atoms with Gasteiger partial charge in [-0.1, -0.05) is 99.0 Å². The molecule has 3 atom stereocenters. The topological polar surface area (TPSA) is 53.2 Å². The zero-order valence-electron chi connectivity index (χ0n) is 23.0. The third-order valence-corrected chi connectivity index (χ3v) is 8.82. The van der Waals surface area contributed by atoms with Crippen LogP contribution in [0.2, 0.25) is 0 Å². The van der Waals surface area contributed by atoms with Gasteiger partial charge in [0.05, 0.1) is 17.7 Å². The van der Waals surface area contributed by atoms with Gasteiger partial charge in [-0.2, -0.15) is 5.26 Å². The highest BCUT2D eigenvalue weighted by atomic mass is 16.5. The zero-order chi connectivity index (χ0) is 27.2. The Morgan fingerprint density at radius 1 is 1.00 bits per heavy atom. The molecule has 0 spiro atoms. The first-order valence-electron chi connectivity index (χ1n) is 14.4. The molecule has 3 heteroatoms. The molecule has 0 radical (unpaired) electrons. The monoisotopic (exact) mass is 517 g/mol. The van der Waals surface area contributed by atoms with Crippen LogP contribution in [0.5, 0.6) is 5.75 Å². The molecule has 1 N–H and O–H groups in total. The van der Waals surface area contributed by atoms with E-state index in [2.05, 4.69) is 55.5 Å². The van der Waals surface area contributed by atoms with E-state index >= 15 is 0 Å². The van der Waals surface area contributed by atoms with E-state index < -0.39 is 0 Å². The lowest BCUT2D eigenvalue weighted by Crippen LogP contribution is -2.29. The van der Waals surface area contributed by atoms with Crippen molar-refractivity contribution in [1.82, 2.24) is 0 Å². The van der Waals surface area contributed by atoms with Crippen LogP contribution >= 0.6 is 0 Å². The van der Waals surface area contributed by atoms with E-state index in [1.54, 1.807) is 0 Å². The molecule has 0 amide bonds. The number of para-hydroxylation sites is 1. The number of allylic oxidation sites excluding steroid dienone is 3. The predicted molar refractivity (Wildman–Crippen MR) is 159 cm³/mol. The molecular formula is C36H39NO2. The number of nitriles is 1. The van der Waals surface area contributed by atoms with Crippen LogP contribution in [0.15, 0.2) is 91.0 Å². The predicted octanol–water partition coefficient (Wildman–Crippen LogP) is 8.74. The molecule has 5 rings (SSSR count). The summed E-state index contributed by atoms with van der Waals surface area (Å²) in [6.07, 6.45) is 8.30. The van der Waals surface area contributed by atoms with Crippen molar-refractivity contribution in [3.8, 4) is 11.8 Å². The number of aliphatic hydroxyl groups excluding tert-OH is 1. The molecule has 2 aliphatic carbocycles. The number of fused-ring (bicyclic) bond motifs is 1. The van der Waals surface area contributed by atoms with Crippen LogP contribution < -0.4 is 4.74 Å². The fraction of sp³-hybridized carbons (Fsp3) is 0.361. The molecule has 0 heterocycles. The van der Waals surface area contributed by atoms with Gasteiger partial charge in [-0.3, -0.25) is 0 Å². The van der Waals surface area contributed by atoms with Crippen molar-refractivity contribution in [2.75, 3.05) is 0 Å². The SMILES string of the molecule is C=C(c1ccccc1OCc1ccc(C#N)cc1)C12CCC(O)C1CC(CCCCCC)=C2c1ccccc1. The summed E-state index contributed by atoms with van der Waals surface area (Å²) in [7, 11) is 0. The molecule has 3 nitrogen and oxygen atoms in total. The standard InChI is InChI=1S/C36H39NO2/c1-3-4-5-7-14-30-23-32-33(38)21-22-36(32,35(30)29-12-8-6-9-13-29)26(2)31-15-10-11-16-34(31)39-25-28-19-17-27(24-37)18-20-28/h6,8-13,15-20,32-33,38H,2-5,7,14,21-23,25H2,1H3. The quantitative estimate of drug-likeness (QED) is 0.259. The Morgan fingerprint density at radius 3 is 2.49 bits per heavy atom. The number of rotatable bonds is 11. The molecule has 0 saturated heterocycles. The molecule has 2 aliphatic rings. The maximum absolute atomic E-state index is 11.3. The molecule has 39 heavy (non-hydrogen) atoms. The first-order chi connectivity index (χ1) is 19.1. The van der Waals surface area contributed by atoms with Crippen LogP contribution in [-0.2, 0) is 6.61 Å². The number of nitrogens with zero attached hydrogens (tertiary/aromatic N) is 1. The van der Waals surface area contributed by atoms with E-state index in [1.165, 1.54) is 42.4 Å². The largest absolute Gasteiger partial charge is 0.488 e. The van der Waals surface area contributed by atoms with Gasteiger partial charge in [-0.15, -0.1) is 0 Å². The minimum absolute atomic E-state index is 0.132. The number of benzene rings is 3. The van der Waals surface area contributed by atoms with E-state index in [9.17, 15) is 5.11 Å². The van der Waals surface area contributed by atoms with Gasteiger partial charge in [-0.25, -0.2) is 0 Å². The smallest absolute Gasteiger partial charge is 0.127 e. The van der Waals surface area contributed by atoms with E-state index in [1.807, 2.05) is 36.4 Å². The minimum Gasteiger partial charge on any atom is -0.488 e. The number of hydrogen-bond acceptors (Lipinski definition) is 3. The summed E-state index contributed by atoms with van der Waals surface area (Å²) >= 11 is 0. The Kier molecular flexibility index (Phi) is 8.34. The van der Waals surface area contributed by atoms with Gasteiger partial charge < -0.3 is 9.84 Å². The van der Waals surface area contributed by atoms with Gasteiger partial charge in [0.1, 0.15) is 12.4 Å². The van der Waals surface area contributed by atoms with Crippen LogP contribution in [0.1, 0.15) is 80.5 Å². The number of unbranched alkanes of at least 4 members (excludes halogenated alkanes) is 3. The molecule has 3 aromatic carbocycles. The van der Waals surface area contributed by atoms with Gasteiger partial charge in [0.2, 0.25) is 0 Å². The second kappa shape index (κ2) is 12.1. The minimum atomic E-state index is -0.333. The first kappa shape index (κ1) is 27.0. The molecular weight excluding hydrogens is 478 g/mol. The van der Waals surface area contributed by atoms with E-state index in [0.29, 0.717) is 12.2 Å². The third kappa shape index (κ3) is 5.32. The lowest BCUT2D eigenvalue weighted by molar-refractivity contribution is 0.119. The zero-order valence-corrected chi connectivity index (χ0v) is 23.0. The van der Waals surface area contributed by atoms with Crippen molar-refractivity contribution >= 4 is 11.1 Å². The maximum Gasteiger partial charge on any atom is 0.127 e. The summed E-state index contributed by atoms with van der Waals surface area (Å²) in [5.74, 6) is 0.943. The molecule has 3 aromatic rings. The maximum atomic E-state index is 11.3. The van der Waals surface area contributed by atoms with Crippen molar-refractivity contribution in [2.45, 2.75) is 71.0 Å². The summed E-state index contributed by atoms with van der Waals surface area (Å²) in [5, 5.41) is 20.4. The Bertz CT molecular complexity index is 1370. The summed E-state index contributed by atoms with van der Waals surface area (Å²) in [6.45, 7) is 7.44. The fourth-order valence-electron chi connectivity index (χ4n) is 6.90. The van der Waals surface area contributed by atoms with Crippen LogP contribution in [0.4, 0.5) is 0 Å². The Labute approximate surface area is 233 Å². The van der Waals surface area contributed by atoms with Crippen LogP contribution in [-0.4, -0.2) is 11.2 Å². The normalized spacial score (nSPS) is 22.0. The molecule has 1 fully saturated rings. The van der Waals surface area contributed by atoms with Crippen LogP contribution in [0, 0.1) is 22.7 Å². The van der Waals surface area contributed by atoms with Crippen molar-refractivity contribution in [2.24, 2.45) is 11.3 Å². The summed E-state index contributed by atoms with van der Waals surface area (Å²) in [5.41, 5.74) is 7.58. The Hall–Kier alpha value is -3.61. The third-order valence-electron chi connectivity index (χ3n) is 8.82. The van der Waals surface area contributed by atoms with E-state index in [4.69, 9.17) is 16.6 Å². The molecule has 3 unspecified atom stereocenters. The van der Waals surface area contributed by atoms with Gasteiger partial charge in [0.15, 0.2) is 0 Å². The summed E-state index contributed by atoms with van der Waals surface area (Å²) < 4.78 is 6.39. The lowest BCUT2D eigenvalue weighted by Gasteiger charge is -2.37. The van der Waals surface area contributed by atoms with E-state index in [-0.39, 0.29) is 17.4 Å². The highest BCUT2D eigenvalue weighted by Crippen LogP contribution is 2.66.